The number of nitrogens with zero attached hydrogens (tertiary/aromatic N) is 1. The van der Waals surface area contributed by atoms with Gasteiger partial charge in [0.15, 0.2) is 0 Å². The van der Waals surface area contributed by atoms with Gasteiger partial charge in [0.1, 0.15) is 0 Å². The third-order valence-corrected chi connectivity index (χ3v) is 6.30. The van der Waals surface area contributed by atoms with Crippen LogP contribution >= 0.6 is 0 Å². The molecular formula is C23H47NO. The monoisotopic (exact) mass is 353 g/mol. The molecule has 0 amide bonds. The van der Waals surface area contributed by atoms with Crippen LogP contribution in [0.25, 0.3) is 0 Å². The number of quaternary nitrogens is 1. The maximum absolute atomic E-state index is 12.7. The molecule has 0 aromatic carbocycles. The van der Waals surface area contributed by atoms with Gasteiger partial charge in [-0.2, -0.15) is 0 Å². The second kappa shape index (κ2) is 15.0. The Kier molecular flexibility index (Phi) is 13.8. The van der Waals surface area contributed by atoms with Gasteiger partial charge >= 0.3 is 0 Å². The number of rotatable bonds is 16. The molecule has 1 aliphatic rings. The highest BCUT2D eigenvalue weighted by atomic mass is 16.5. The van der Waals surface area contributed by atoms with Gasteiger partial charge in [0.2, 0.25) is 0 Å². The van der Waals surface area contributed by atoms with E-state index >= 15 is 0 Å². The summed E-state index contributed by atoms with van der Waals surface area (Å²) in [7, 11) is 1.93. The molecule has 25 heavy (non-hydrogen) atoms. The Morgan fingerprint density at radius 2 is 1.04 bits per heavy atom. The largest absolute Gasteiger partial charge is 0.633 e. The Balaban J connectivity index is 1.82. The van der Waals surface area contributed by atoms with E-state index in [1.54, 1.807) is 0 Å². The molecule has 0 aromatic heterocycles. The number of hydroxylamine groups is 3. The second-order valence-corrected chi connectivity index (χ2v) is 8.79. The summed E-state index contributed by atoms with van der Waals surface area (Å²) in [5.74, 6) is 0. The van der Waals surface area contributed by atoms with Crippen LogP contribution in [0.1, 0.15) is 129 Å². The Bertz CT molecular complexity index is 284. The number of hydrogen-bond acceptors (Lipinski definition) is 1. The Morgan fingerprint density at radius 1 is 0.640 bits per heavy atom. The molecular weight excluding hydrogens is 306 g/mol. The predicted molar refractivity (Wildman–Crippen MR) is 112 cm³/mol. The third kappa shape index (κ3) is 12.0. The van der Waals surface area contributed by atoms with Crippen molar-refractivity contribution >= 4 is 0 Å². The van der Waals surface area contributed by atoms with Gasteiger partial charge in [0, 0.05) is 0 Å². The molecule has 1 unspecified atom stereocenters. The minimum atomic E-state index is 0.0399. The zero-order chi connectivity index (χ0) is 18.2. The van der Waals surface area contributed by atoms with Crippen LogP contribution in [0.2, 0.25) is 0 Å². The highest BCUT2D eigenvalue weighted by Crippen LogP contribution is 2.26. The van der Waals surface area contributed by atoms with Crippen molar-refractivity contribution in [2.24, 2.45) is 0 Å². The maximum atomic E-state index is 12.7. The van der Waals surface area contributed by atoms with Crippen LogP contribution in [0.4, 0.5) is 0 Å². The van der Waals surface area contributed by atoms with Crippen LogP contribution in [-0.4, -0.2) is 24.3 Å². The molecule has 2 nitrogen and oxygen atoms in total. The normalized spacial score (nSPS) is 18.4. The van der Waals surface area contributed by atoms with E-state index in [-0.39, 0.29) is 4.65 Å². The fourth-order valence-corrected chi connectivity index (χ4v) is 4.43. The molecule has 1 saturated carbocycles. The summed E-state index contributed by atoms with van der Waals surface area (Å²) in [4.78, 5) is 0. The van der Waals surface area contributed by atoms with Crippen molar-refractivity contribution in [1.82, 2.24) is 0 Å². The zero-order valence-electron chi connectivity index (χ0n) is 17.6. The summed E-state index contributed by atoms with van der Waals surface area (Å²) in [6, 6.07) is 0.399. The first-order valence-corrected chi connectivity index (χ1v) is 11.7. The molecule has 2 heteroatoms. The molecule has 0 aromatic rings. The first-order valence-electron chi connectivity index (χ1n) is 11.7. The van der Waals surface area contributed by atoms with Gasteiger partial charge in [-0.3, -0.25) is 0 Å². The van der Waals surface area contributed by atoms with E-state index in [0.29, 0.717) is 6.04 Å². The van der Waals surface area contributed by atoms with Crippen molar-refractivity contribution in [2.45, 2.75) is 135 Å². The van der Waals surface area contributed by atoms with E-state index in [2.05, 4.69) is 6.92 Å². The molecule has 0 N–H and O–H groups in total. The molecule has 0 spiro atoms. The van der Waals surface area contributed by atoms with Gasteiger partial charge < -0.3 is 9.85 Å². The van der Waals surface area contributed by atoms with Crippen LogP contribution in [0.3, 0.4) is 0 Å². The summed E-state index contributed by atoms with van der Waals surface area (Å²) in [6.45, 7) is 3.14. The molecule has 0 aliphatic heterocycles. The van der Waals surface area contributed by atoms with Crippen LogP contribution in [0, 0.1) is 5.21 Å². The summed E-state index contributed by atoms with van der Waals surface area (Å²) in [6.07, 6.45) is 25.6. The van der Waals surface area contributed by atoms with Crippen LogP contribution in [-0.2, 0) is 0 Å². The van der Waals surface area contributed by atoms with Crippen molar-refractivity contribution in [3.8, 4) is 0 Å². The van der Waals surface area contributed by atoms with Crippen LogP contribution < -0.4 is 0 Å². The maximum Gasteiger partial charge on any atom is 0.0885 e. The summed E-state index contributed by atoms with van der Waals surface area (Å²) >= 11 is 0. The van der Waals surface area contributed by atoms with Crippen molar-refractivity contribution in [3.63, 3.8) is 0 Å². The smallest absolute Gasteiger partial charge is 0.0885 e. The zero-order valence-corrected chi connectivity index (χ0v) is 17.6. The van der Waals surface area contributed by atoms with Gasteiger partial charge in [-0.25, -0.2) is 0 Å². The molecule has 0 radical (unpaired) electrons. The third-order valence-electron chi connectivity index (χ3n) is 6.30. The van der Waals surface area contributed by atoms with Crippen molar-refractivity contribution in [1.29, 1.82) is 0 Å². The van der Waals surface area contributed by atoms with E-state index in [4.69, 9.17) is 0 Å². The lowest BCUT2D eigenvalue weighted by Crippen LogP contribution is -2.48. The van der Waals surface area contributed by atoms with Crippen molar-refractivity contribution < 1.29 is 4.65 Å². The molecule has 0 heterocycles. The van der Waals surface area contributed by atoms with Gasteiger partial charge in [0.05, 0.1) is 19.6 Å². The van der Waals surface area contributed by atoms with E-state index < -0.39 is 0 Å². The quantitative estimate of drug-likeness (QED) is 0.158. The topological polar surface area (TPSA) is 23.1 Å². The van der Waals surface area contributed by atoms with Crippen molar-refractivity contribution in [2.75, 3.05) is 13.6 Å². The molecule has 1 aliphatic carbocycles. The first-order chi connectivity index (χ1) is 12.2. The summed E-state index contributed by atoms with van der Waals surface area (Å²) in [5, 5.41) is 12.7. The fraction of sp³-hybridized carbons (Fsp3) is 1.00. The molecule has 1 fully saturated rings. The molecule has 0 saturated heterocycles. The van der Waals surface area contributed by atoms with Gasteiger partial charge in [-0.05, 0) is 38.5 Å². The van der Waals surface area contributed by atoms with Crippen LogP contribution in [0.15, 0.2) is 0 Å². The standard InChI is InChI=1S/C23H47NO/c1-3-4-5-6-7-8-9-10-11-12-13-14-15-19-22-24(2,25)23-20-17-16-18-21-23/h23H,3-22H2,1-2H3. The van der Waals surface area contributed by atoms with Gasteiger partial charge in [0.25, 0.3) is 0 Å². The number of unbranched alkanes of at least 4 members (excludes halogenated alkanes) is 13. The van der Waals surface area contributed by atoms with E-state index in [0.717, 1.165) is 13.0 Å². The molecule has 0 bridgehead atoms. The minimum Gasteiger partial charge on any atom is -0.633 e. The van der Waals surface area contributed by atoms with Gasteiger partial charge in [-0.1, -0.05) is 90.4 Å². The summed E-state index contributed by atoms with van der Waals surface area (Å²) < 4.78 is 0.0399. The lowest BCUT2D eigenvalue weighted by atomic mass is 9.94. The first kappa shape index (κ1) is 23.0. The van der Waals surface area contributed by atoms with E-state index in [1.165, 1.54) is 116 Å². The van der Waals surface area contributed by atoms with E-state index in [9.17, 15) is 5.21 Å². The Morgan fingerprint density at radius 3 is 1.48 bits per heavy atom. The number of hydrogen-bond donors (Lipinski definition) is 0. The lowest BCUT2D eigenvalue weighted by molar-refractivity contribution is -0.888. The van der Waals surface area contributed by atoms with Crippen molar-refractivity contribution in [3.05, 3.63) is 5.21 Å². The average molecular weight is 354 g/mol. The van der Waals surface area contributed by atoms with E-state index in [1.807, 2.05) is 7.05 Å². The highest BCUT2D eigenvalue weighted by molar-refractivity contribution is 4.67. The predicted octanol–water partition coefficient (Wildman–Crippen LogP) is 7.74. The van der Waals surface area contributed by atoms with Gasteiger partial charge in [-0.15, -0.1) is 0 Å². The lowest BCUT2D eigenvalue weighted by Gasteiger charge is -2.47. The minimum absolute atomic E-state index is 0.0399. The molecule has 1 atom stereocenters. The Labute approximate surface area is 158 Å². The Hall–Kier alpha value is -0.0800. The highest BCUT2D eigenvalue weighted by Gasteiger charge is 2.25. The van der Waals surface area contributed by atoms with Crippen LogP contribution in [0.5, 0.6) is 0 Å². The SMILES string of the molecule is CCCCCCCCCCCCCCCC[N+](C)([O-])C1CCCCC1. The molecule has 150 valence electrons. The fourth-order valence-electron chi connectivity index (χ4n) is 4.43. The molecule has 1 rings (SSSR count). The summed E-state index contributed by atoms with van der Waals surface area (Å²) in [5.41, 5.74) is 0. The second-order valence-electron chi connectivity index (χ2n) is 8.79. The average Bonchev–Trinajstić information content (AvgIpc) is 2.63.